The molecule has 0 amide bonds. The van der Waals surface area contributed by atoms with Crippen molar-refractivity contribution in [2.75, 3.05) is 13.1 Å². The van der Waals surface area contributed by atoms with Crippen LogP contribution in [0.4, 0.5) is 5.69 Å². The molecule has 2 rings (SSSR count). The lowest BCUT2D eigenvalue weighted by Crippen LogP contribution is -2.53. The molecule has 1 saturated carbocycles. The predicted octanol–water partition coefficient (Wildman–Crippen LogP) is 2.93. The smallest absolute Gasteiger partial charge is 0.317 e. The minimum atomic E-state index is -0.836. The van der Waals surface area contributed by atoms with Gasteiger partial charge in [-0.05, 0) is 31.5 Å². The molecule has 1 aromatic carbocycles. The van der Waals surface area contributed by atoms with E-state index in [1.54, 1.807) is 0 Å². The second-order valence-corrected chi connectivity index (χ2v) is 6.66. The number of rotatable bonds is 8. The summed E-state index contributed by atoms with van der Waals surface area (Å²) in [5.74, 6) is -0.836. The first-order valence-corrected chi connectivity index (χ1v) is 8.39. The Morgan fingerprint density at radius 1 is 1.46 bits per heavy atom. The van der Waals surface area contributed by atoms with Crippen molar-refractivity contribution in [2.45, 2.75) is 38.4 Å². The molecule has 1 aliphatic rings. The molecule has 0 atom stereocenters. The lowest BCUT2D eigenvalue weighted by Gasteiger charge is -2.42. The van der Waals surface area contributed by atoms with E-state index in [0.29, 0.717) is 23.7 Å². The van der Waals surface area contributed by atoms with Crippen molar-refractivity contribution in [3.63, 3.8) is 0 Å². The van der Waals surface area contributed by atoms with Gasteiger partial charge in [0.1, 0.15) is 5.02 Å². The number of carboxylic acids is 1. The number of hydrogen-bond acceptors (Lipinski definition) is 5. The van der Waals surface area contributed by atoms with Crippen LogP contribution in [-0.4, -0.2) is 46.1 Å². The van der Waals surface area contributed by atoms with Gasteiger partial charge in [0.2, 0.25) is 0 Å². The molecule has 0 aliphatic heterocycles. The molecule has 1 fully saturated rings. The van der Waals surface area contributed by atoms with E-state index in [4.69, 9.17) is 28.3 Å². The van der Waals surface area contributed by atoms with Crippen molar-refractivity contribution in [2.24, 2.45) is 0 Å². The fraction of sp³-hybridized carbons (Fsp3) is 0.533. The van der Waals surface area contributed by atoms with E-state index < -0.39 is 10.9 Å². The Morgan fingerprint density at radius 3 is 2.67 bits per heavy atom. The van der Waals surface area contributed by atoms with Crippen LogP contribution in [0.3, 0.4) is 0 Å². The maximum absolute atomic E-state index is 11.2. The molecule has 0 saturated heterocycles. The molecule has 2 N–H and O–H groups in total. The van der Waals surface area contributed by atoms with Gasteiger partial charge < -0.3 is 10.4 Å². The molecular weight excluding hydrogens is 357 g/mol. The van der Waals surface area contributed by atoms with Crippen LogP contribution in [-0.2, 0) is 11.3 Å². The summed E-state index contributed by atoms with van der Waals surface area (Å²) in [5.41, 5.74) is 0.310. The van der Waals surface area contributed by atoms with Crippen LogP contribution in [0.15, 0.2) is 12.1 Å². The molecular formula is C15H19Cl2N3O4. The van der Waals surface area contributed by atoms with Crippen LogP contribution >= 0.6 is 23.2 Å². The van der Waals surface area contributed by atoms with Crippen LogP contribution in [0.1, 0.15) is 25.3 Å². The molecule has 1 aliphatic carbocycles. The highest BCUT2D eigenvalue weighted by Gasteiger charge is 2.33. The molecule has 0 bridgehead atoms. The van der Waals surface area contributed by atoms with E-state index in [2.05, 4.69) is 5.32 Å². The largest absolute Gasteiger partial charge is 0.480 e. The van der Waals surface area contributed by atoms with E-state index >= 15 is 0 Å². The zero-order chi connectivity index (χ0) is 17.9. The van der Waals surface area contributed by atoms with E-state index in [1.807, 2.05) is 11.8 Å². The number of nitro groups is 1. The number of carboxylic acid groups (broad SMARTS) is 1. The minimum Gasteiger partial charge on any atom is -0.480 e. The third-order valence-corrected chi connectivity index (χ3v) is 4.75. The fourth-order valence-corrected chi connectivity index (χ4v) is 3.54. The Balaban J connectivity index is 1.92. The van der Waals surface area contributed by atoms with Crippen molar-refractivity contribution in [3.8, 4) is 0 Å². The van der Waals surface area contributed by atoms with E-state index in [9.17, 15) is 14.9 Å². The summed E-state index contributed by atoms with van der Waals surface area (Å²) in [5, 5.41) is 23.7. The zero-order valence-corrected chi connectivity index (χ0v) is 14.7. The van der Waals surface area contributed by atoms with Crippen molar-refractivity contribution in [1.29, 1.82) is 0 Å². The first kappa shape index (κ1) is 18.9. The van der Waals surface area contributed by atoms with Crippen molar-refractivity contribution in [1.82, 2.24) is 10.2 Å². The molecule has 0 heterocycles. The quantitative estimate of drug-likeness (QED) is 0.535. The van der Waals surface area contributed by atoms with Crippen LogP contribution < -0.4 is 5.32 Å². The van der Waals surface area contributed by atoms with Gasteiger partial charge in [-0.1, -0.05) is 30.1 Å². The second kappa shape index (κ2) is 8.11. The summed E-state index contributed by atoms with van der Waals surface area (Å²) < 4.78 is 0. The average molecular weight is 376 g/mol. The topological polar surface area (TPSA) is 95.7 Å². The van der Waals surface area contributed by atoms with E-state index in [1.165, 1.54) is 12.1 Å². The molecule has 24 heavy (non-hydrogen) atoms. The van der Waals surface area contributed by atoms with Crippen molar-refractivity contribution in [3.05, 3.63) is 37.9 Å². The summed E-state index contributed by atoms with van der Waals surface area (Å²) in [7, 11) is 0. The number of carbonyl (C=O) groups is 1. The third kappa shape index (κ3) is 4.57. The number of likely N-dealkylation sites (N-methyl/N-ethyl adjacent to an activating group) is 1. The summed E-state index contributed by atoms with van der Waals surface area (Å²) in [6.07, 6.45) is 1.62. The van der Waals surface area contributed by atoms with Gasteiger partial charge in [-0.3, -0.25) is 19.8 Å². The summed E-state index contributed by atoms with van der Waals surface area (Å²) >= 11 is 11.8. The highest BCUT2D eigenvalue weighted by Crippen LogP contribution is 2.33. The number of halogens is 2. The van der Waals surface area contributed by atoms with Crippen LogP contribution in [0, 0.1) is 10.1 Å². The van der Waals surface area contributed by atoms with Crippen molar-refractivity contribution >= 4 is 34.9 Å². The highest BCUT2D eigenvalue weighted by molar-refractivity contribution is 6.36. The zero-order valence-electron chi connectivity index (χ0n) is 13.2. The molecule has 7 nitrogen and oxygen atoms in total. The lowest BCUT2D eigenvalue weighted by molar-refractivity contribution is -0.385. The Hall–Kier alpha value is -1.41. The standard InChI is InChI=1S/C15H19Cl2N3O4/c1-2-19(8-14(21)22)12-5-11(6-12)18-7-9-3-10(16)4-13(17)15(9)20(23)24/h3-4,11-12,18H,2,5-8H2,1H3,(H,21,22). The fourth-order valence-electron chi connectivity index (χ4n) is 2.94. The van der Waals surface area contributed by atoms with Gasteiger partial charge in [0.05, 0.1) is 11.5 Å². The van der Waals surface area contributed by atoms with Gasteiger partial charge in [-0.15, -0.1) is 0 Å². The second-order valence-electron chi connectivity index (χ2n) is 5.81. The molecule has 1 aromatic rings. The summed E-state index contributed by atoms with van der Waals surface area (Å²) in [6, 6.07) is 3.31. The van der Waals surface area contributed by atoms with Crippen molar-refractivity contribution < 1.29 is 14.8 Å². The summed E-state index contributed by atoms with van der Waals surface area (Å²) in [4.78, 5) is 23.4. The Bertz CT molecular complexity index is 635. The first-order chi connectivity index (χ1) is 11.3. The van der Waals surface area contributed by atoms with Crippen LogP contribution in [0.25, 0.3) is 0 Å². The van der Waals surface area contributed by atoms with Gasteiger partial charge in [0.25, 0.3) is 5.69 Å². The Morgan fingerprint density at radius 2 is 2.12 bits per heavy atom. The van der Waals surface area contributed by atoms with Crippen LogP contribution in [0.2, 0.25) is 10.0 Å². The van der Waals surface area contributed by atoms with E-state index in [0.717, 1.165) is 12.8 Å². The summed E-state index contributed by atoms with van der Waals surface area (Å²) in [6.45, 7) is 2.93. The maximum Gasteiger partial charge on any atom is 0.317 e. The molecule has 0 unspecified atom stereocenters. The minimum absolute atomic E-state index is 0.0226. The average Bonchev–Trinajstić information content (AvgIpc) is 2.42. The highest BCUT2D eigenvalue weighted by atomic mass is 35.5. The number of hydrogen-bond donors (Lipinski definition) is 2. The van der Waals surface area contributed by atoms with Gasteiger partial charge in [-0.25, -0.2) is 0 Å². The van der Waals surface area contributed by atoms with Gasteiger partial charge >= 0.3 is 5.97 Å². The van der Waals surface area contributed by atoms with Gasteiger partial charge in [0, 0.05) is 29.2 Å². The lowest BCUT2D eigenvalue weighted by atomic mass is 9.85. The number of nitro benzene ring substituents is 1. The normalized spacial score (nSPS) is 20.0. The third-order valence-electron chi connectivity index (χ3n) is 4.24. The monoisotopic (exact) mass is 375 g/mol. The number of aliphatic carboxylic acids is 1. The number of nitrogens with zero attached hydrogens (tertiary/aromatic N) is 2. The molecule has 9 heteroatoms. The predicted molar refractivity (Wildman–Crippen MR) is 91.6 cm³/mol. The molecule has 0 radical (unpaired) electrons. The maximum atomic E-state index is 11.2. The van der Waals surface area contributed by atoms with E-state index in [-0.39, 0.29) is 29.3 Å². The number of nitrogens with one attached hydrogen (secondary N) is 1. The van der Waals surface area contributed by atoms with Gasteiger partial charge in [-0.2, -0.15) is 0 Å². The molecule has 0 aromatic heterocycles. The SMILES string of the molecule is CCN(CC(=O)O)C1CC(NCc2cc(Cl)cc(Cl)c2[N+](=O)[O-])C1. The molecule has 0 spiro atoms. The number of benzene rings is 1. The first-order valence-electron chi connectivity index (χ1n) is 7.63. The Kier molecular flexibility index (Phi) is 6.40. The van der Waals surface area contributed by atoms with Gasteiger partial charge in [0.15, 0.2) is 0 Å². The Labute approximate surface area is 149 Å². The van der Waals surface area contributed by atoms with Crippen LogP contribution in [0.5, 0.6) is 0 Å². The molecule has 132 valence electrons.